The van der Waals surface area contributed by atoms with E-state index < -0.39 is 5.97 Å². The predicted molar refractivity (Wildman–Crippen MR) is 72.9 cm³/mol. The minimum Gasteiger partial charge on any atom is -0.465 e. The van der Waals surface area contributed by atoms with Crippen LogP contribution in [0, 0.1) is 0 Å². The lowest BCUT2D eigenvalue weighted by atomic mass is 10.3. The van der Waals surface area contributed by atoms with E-state index in [1.54, 1.807) is 19.2 Å². The molecular formula is C12H17BrN2O4. The molecule has 0 aliphatic carbocycles. The number of carbonyl (C=O) groups is 2. The number of nitrogens with one attached hydrogen (secondary N) is 1. The van der Waals surface area contributed by atoms with Gasteiger partial charge >= 0.3 is 5.97 Å². The number of aromatic nitrogens is 1. The number of rotatable bonds is 7. The third-order valence-corrected chi connectivity index (χ3v) is 2.81. The molecule has 1 rings (SSSR count). The monoisotopic (exact) mass is 332 g/mol. The highest BCUT2D eigenvalue weighted by molar-refractivity contribution is 9.10. The van der Waals surface area contributed by atoms with Crippen LogP contribution in [0.3, 0.4) is 0 Å². The van der Waals surface area contributed by atoms with Gasteiger partial charge in [-0.3, -0.25) is 9.59 Å². The number of hydrogen-bond donors (Lipinski definition) is 1. The van der Waals surface area contributed by atoms with Gasteiger partial charge in [0.05, 0.1) is 13.2 Å². The van der Waals surface area contributed by atoms with Gasteiger partial charge in [0.15, 0.2) is 0 Å². The van der Waals surface area contributed by atoms with E-state index in [1.165, 1.54) is 12.0 Å². The van der Waals surface area contributed by atoms with Crippen molar-refractivity contribution >= 4 is 27.8 Å². The SMILES string of the molecule is CCOC(=O)CN(CCOC)C(=O)c1cc(Br)c[nH]1. The molecule has 0 radical (unpaired) electrons. The van der Waals surface area contributed by atoms with Gasteiger partial charge in [0.25, 0.3) is 5.91 Å². The van der Waals surface area contributed by atoms with Gasteiger partial charge in [-0.25, -0.2) is 0 Å². The Morgan fingerprint density at radius 3 is 2.74 bits per heavy atom. The quantitative estimate of drug-likeness (QED) is 0.767. The molecule has 1 heterocycles. The minimum atomic E-state index is -0.433. The van der Waals surface area contributed by atoms with Gasteiger partial charge in [0.1, 0.15) is 12.2 Å². The predicted octanol–water partition coefficient (Wildman–Crippen LogP) is 1.43. The largest absolute Gasteiger partial charge is 0.465 e. The summed E-state index contributed by atoms with van der Waals surface area (Å²) in [5.74, 6) is -0.701. The summed E-state index contributed by atoms with van der Waals surface area (Å²) < 4.78 is 10.6. The van der Waals surface area contributed by atoms with E-state index in [9.17, 15) is 9.59 Å². The molecule has 0 fully saturated rings. The normalized spacial score (nSPS) is 10.3. The van der Waals surface area contributed by atoms with Crippen molar-refractivity contribution in [2.45, 2.75) is 6.92 Å². The molecule has 6 nitrogen and oxygen atoms in total. The molecule has 0 aliphatic heterocycles. The molecule has 0 aromatic carbocycles. The van der Waals surface area contributed by atoms with Gasteiger partial charge in [-0.15, -0.1) is 0 Å². The van der Waals surface area contributed by atoms with Crippen molar-refractivity contribution in [3.63, 3.8) is 0 Å². The third-order valence-electron chi connectivity index (χ3n) is 2.36. The maximum atomic E-state index is 12.2. The van der Waals surface area contributed by atoms with Gasteiger partial charge in [0.2, 0.25) is 0 Å². The standard InChI is InChI=1S/C12H17BrN2O4/c1-3-19-11(16)8-15(4-5-18-2)12(17)10-6-9(13)7-14-10/h6-7,14H,3-5,8H2,1-2H3. The molecule has 1 N–H and O–H groups in total. The number of esters is 1. The van der Waals surface area contributed by atoms with Crippen LogP contribution >= 0.6 is 15.9 Å². The third kappa shape index (κ3) is 5.04. The number of halogens is 1. The average molecular weight is 333 g/mol. The number of carbonyl (C=O) groups excluding carboxylic acids is 2. The van der Waals surface area contributed by atoms with Crippen molar-refractivity contribution in [1.29, 1.82) is 0 Å². The second-order valence-corrected chi connectivity index (χ2v) is 4.67. The molecule has 0 saturated carbocycles. The molecule has 0 unspecified atom stereocenters. The van der Waals surface area contributed by atoms with Gasteiger partial charge < -0.3 is 19.4 Å². The Hall–Kier alpha value is -1.34. The first-order valence-corrected chi connectivity index (χ1v) is 6.65. The van der Waals surface area contributed by atoms with Gasteiger partial charge in [-0.1, -0.05) is 0 Å². The molecule has 0 bridgehead atoms. The van der Waals surface area contributed by atoms with Gasteiger partial charge in [0, 0.05) is 24.3 Å². The van der Waals surface area contributed by atoms with Gasteiger partial charge in [-0.05, 0) is 28.9 Å². The summed E-state index contributed by atoms with van der Waals surface area (Å²) in [5, 5.41) is 0. The Kier molecular flexibility index (Phi) is 6.58. The topological polar surface area (TPSA) is 71.6 Å². The van der Waals surface area contributed by atoms with Crippen LogP contribution in [0.1, 0.15) is 17.4 Å². The fraction of sp³-hybridized carbons (Fsp3) is 0.500. The van der Waals surface area contributed by atoms with Crippen LogP contribution in [0.25, 0.3) is 0 Å². The summed E-state index contributed by atoms with van der Waals surface area (Å²) in [6, 6.07) is 1.66. The van der Waals surface area contributed by atoms with Crippen LogP contribution in [-0.2, 0) is 14.3 Å². The zero-order chi connectivity index (χ0) is 14.3. The molecule has 7 heteroatoms. The number of amides is 1. The minimum absolute atomic E-state index is 0.0906. The van der Waals surface area contributed by atoms with E-state index in [0.717, 1.165) is 4.47 Å². The molecule has 1 aromatic heterocycles. The highest BCUT2D eigenvalue weighted by Gasteiger charge is 2.20. The first-order chi connectivity index (χ1) is 9.08. The van der Waals surface area contributed by atoms with Crippen molar-refractivity contribution in [3.05, 3.63) is 22.4 Å². The lowest BCUT2D eigenvalue weighted by Crippen LogP contribution is -2.38. The zero-order valence-corrected chi connectivity index (χ0v) is 12.5. The second-order valence-electron chi connectivity index (χ2n) is 3.76. The Bertz CT molecular complexity index is 433. The Morgan fingerprint density at radius 1 is 1.47 bits per heavy atom. The summed E-state index contributed by atoms with van der Waals surface area (Å²) in [6.07, 6.45) is 1.66. The molecule has 0 atom stereocenters. The number of H-pyrrole nitrogens is 1. The van der Waals surface area contributed by atoms with Crippen LogP contribution in [0.2, 0.25) is 0 Å². The number of nitrogens with zero attached hydrogens (tertiary/aromatic N) is 1. The maximum Gasteiger partial charge on any atom is 0.325 e. The molecule has 1 amide bonds. The maximum absolute atomic E-state index is 12.2. The van der Waals surface area contributed by atoms with E-state index in [1.807, 2.05) is 0 Å². The number of ether oxygens (including phenoxy) is 2. The van der Waals surface area contributed by atoms with E-state index in [2.05, 4.69) is 20.9 Å². The molecule has 0 aliphatic rings. The molecule has 106 valence electrons. The average Bonchev–Trinajstić information content (AvgIpc) is 2.80. The fourth-order valence-electron chi connectivity index (χ4n) is 1.48. The van der Waals surface area contributed by atoms with Crippen molar-refractivity contribution < 1.29 is 19.1 Å². The van der Waals surface area contributed by atoms with E-state index >= 15 is 0 Å². The zero-order valence-electron chi connectivity index (χ0n) is 10.9. The number of aromatic amines is 1. The van der Waals surface area contributed by atoms with Crippen LogP contribution in [0.15, 0.2) is 16.7 Å². The summed E-state index contributed by atoms with van der Waals surface area (Å²) in [6.45, 7) is 2.60. The number of hydrogen-bond acceptors (Lipinski definition) is 4. The molecule has 0 saturated heterocycles. The van der Waals surface area contributed by atoms with Crippen molar-refractivity contribution in [1.82, 2.24) is 9.88 Å². The lowest BCUT2D eigenvalue weighted by Gasteiger charge is -2.20. The van der Waals surface area contributed by atoms with Crippen LogP contribution in [0.4, 0.5) is 0 Å². The first-order valence-electron chi connectivity index (χ1n) is 5.86. The van der Waals surface area contributed by atoms with Crippen LogP contribution < -0.4 is 0 Å². The van der Waals surface area contributed by atoms with E-state index in [-0.39, 0.29) is 12.5 Å². The Labute approximate surface area is 120 Å². The summed E-state index contributed by atoms with van der Waals surface area (Å²) in [4.78, 5) is 27.9. The van der Waals surface area contributed by atoms with Crippen molar-refractivity contribution in [2.75, 3.05) is 33.4 Å². The fourth-order valence-corrected chi connectivity index (χ4v) is 1.82. The molecular weight excluding hydrogens is 316 g/mol. The summed E-state index contributed by atoms with van der Waals surface area (Å²) in [5.41, 5.74) is 0.410. The first kappa shape index (κ1) is 15.7. The van der Waals surface area contributed by atoms with Crippen LogP contribution in [-0.4, -0.2) is 55.2 Å². The molecule has 1 aromatic rings. The summed E-state index contributed by atoms with van der Waals surface area (Å²) in [7, 11) is 1.54. The Balaban J connectivity index is 2.72. The van der Waals surface area contributed by atoms with E-state index in [0.29, 0.717) is 25.5 Å². The second kappa shape index (κ2) is 7.96. The summed E-state index contributed by atoms with van der Waals surface area (Å²) >= 11 is 3.26. The Morgan fingerprint density at radius 2 is 2.21 bits per heavy atom. The van der Waals surface area contributed by atoms with Crippen molar-refractivity contribution in [2.24, 2.45) is 0 Å². The van der Waals surface area contributed by atoms with Crippen LogP contribution in [0.5, 0.6) is 0 Å². The smallest absolute Gasteiger partial charge is 0.325 e. The highest BCUT2D eigenvalue weighted by Crippen LogP contribution is 2.12. The number of methoxy groups -OCH3 is 1. The lowest BCUT2D eigenvalue weighted by molar-refractivity contribution is -0.143. The highest BCUT2D eigenvalue weighted by atomic mass is 79.9. The molecule has 0 spiro atoms. The van der Waals surface area contributed by atoms with Gasteiger partial charge in [-0.2, -0.15) is 0 Å². The van der Waals surface area contributed by atoms with Crippen molar-refractivity contribution in [3.8, 4) is 0 Å². The molecule has 19 heavy (non-hydrogen) atoms. The van der Waals surface area contributed by atoms with E-state index in [4.69, 9.17) is 9.47 Å².